The summed E-state index contributed by atoms with van der Waals surface area (Å²) in [6.45, 7) is 1.96. The van der Waals surface area contributed by atoms with Crippen molar-refractivity contribution in [3.63, 3.8) is 0 Å². The van der Waals surface area contributed by atoms with E-state index in [9.17, 15) is 9.18 Å². The lowest BCUT2D eigenvalue weighted by molar-refractivity contribution is -0.119. The predicted octanol–water partition coefficient (Wildman–Crippen LogP) is 1.53. The number of benzene rings is 1. The molecule has 1 saturated carbocycles. The summed E-state index contributed by atoms with van der Waals surface area (Å²) in [5.74, 6) is 0.245. The zero-order chi connectivity index (χ0) is 19.1. The van der Waals surface area contributed by atoms with Crippen LogP contribution in [0.2, 0.25) is 0 Å². The highest BCUT2D eigenvalue weighted by molar-refractivity contribution is 5.95. The Kier molecular flexibility index (Phi) is 4.62. The zero-order valence-corrected chi connectivity index (χ0v) is 15.6. The molecule has 1 amide bonds. The second kappa shape index (κ2) is 7.27. The van der Waals surface area contributed by atoms with Crippen LogP contribution in [0.1, 0.15) is 36.8 Å². The van der Waals surface area contributed by atoms with Gasteiger partial charge in [0, 0.05) is 36.9 Å². The summed E-state index contributed by atoms with van der Waals surface area (Å²) in [7, 11) is 0. The van der Waals surface area contributed by atoms with E-state index in [-0.39, 0.29) is 23.7 Å². The molecule has 2 saturated heterocycles. The molecule has 1 aliphatic carbocycles. The van der Waals surface area contributed by atoms with Crippen LogP contribution in [0.15, 0.2) is 36.7 Å². The van der Waals surface area contributed by atoms with Gasteiger partial charge in [-0.1, -0.05) is 0 Å². The minimum Gasteiger partial charge on any atom is -0.325 e. The van der Waals surface area contributed by atoms with E-state index in [4.69, 9.17) is 0 Å². The first-order valence-electron chi connectivity index (χ1n) is 9.99. The number of hydrazine groups is 1. The first-order valence-corrected chi connectivity index (χ1v) is 9.99. The van der Waals surface area contributed by atoms with Crippen molar-refractivity contribution < 1.29 is 9.18 Å². The Bertz CT molecular complexity index is 849. The molecule has 5 rings (SSSR count). The first-order chi connectivity index (χ1) is 13.7. The third-order valence-electron chi connectivity index (χ3n) is 6.37. The second-order valence-electron chi connectivity index (χ2n) is 8.11. The fourth-order valence-corrected chi connectivity index (χ4v) is 4.60. The molecule has 4 unspecified atom stereocenters. The van der Waals surface area contributed by atoms with E-state index in [1.165, 1.54) is 17.7 Å². The van der Waals surface area contributed by atoms with Gasteiger partial charge in [-0.3, -0.25) is 14.9 Å². The summed E-state index contributed by atoms with van der Waals surface area (Å²) in [6.07, 6.45) is 7.24. The monoisotopic (exact) mass is 384 g/mol. The molecule has 3 aliphatic rings. The van der Waals surface area contributed by atoms with Crippen LogP contribution in [0.3, 0.4) is 0 Å². The maximum atomic E-state index is 13.1. The van der Waals surface area contributed by atoms with Gasteiger partial charge >= 0.3 is 0 Å². The highest BCUT2D eigenvalue weighted by Crippen LogP contribution is 2.39. The molecule has 0 bridgehead atoms. The number of nitrogens with zero attached hydrogens (tertiary/aromatic N) is 2. The summed E-state index contributed by atoms with van der Waals surface area (Å²) >= 11 is 0. The molecule has 2 aliphatic heterocycles. The zero-order valence-electron chi connectivity index (χ0n) is 15.6. The molecule has 7 nitrogen and oxygen atoms in total. The molecule has 4 atom stereocenters. The number of carbonyl (C=O) groups is 1. The number of halogens is 1. The number of hydrogen-bond donors (Lipinski definition) is 4. The van der Waals surface area contributed by atoms with Crippen molar-refractivity contribution in [2.24, 2.45) is 5.92 Å². The van der Waals surface area contributed by atoms with Crippen LogP contribution in [0.5, 0.6) is 0 Å². The molecule has 0 radical (unpaired) electrons. The lowest BCUT2D eigenvalue weighted by Gasteiger charge is -2.32. The number of carbonyl (C=O) groups excluding carboxylic acids is 1. The number of aromatic nitrogens is 2. The summed E-state index contributed by atoms with van der Waals surface area (Å²) in [6, 6.07) is 6.33. The molecule has 3 heterocycles. The fourth-order valence-electron chi connectivity index (χ4n) is 4.60. The van der Waals surface area contributed by atoms with Gasteiger partial charge in [0.25, 0.3) is 0 Å². The molecule has 148 valence electrons. The van der Waals surface area contributed by atoms with Crippen molar-refractivity contribution in [3.05, 3.63) is 48.0 Å². The van der Waals surface area contributed by atoms with Crippen LogP contribution in [0, 0.1) is 11.7 Å². The highest BCUT2D eigenvalue weighted by atomic mass is 19.1. The number of nitrogens with one attached hydrogen (secondary N) is 4. The second-order valence-corrected chi connectivity index (χ2v) is 8.11. The van der Waals surface area contributed by atoms with E-state index in [0.29, 0.717) is 23.7 Å². The molecule has 28 heavy (non-hydrogen) atoms. The van der Waals surface area contributed by atoms with Gasteiger partial charge in [0.05, 0.1) is 12.2 Å². The largest absolute Gasteiger partial charge is 0.325 e. The highest BCUT2D eigenvalue weighted by Gasteiger charge is 2.44. The minimum absolute atomic E-state index is 0.0801. The average Bonchev–Trinajstić information content (AvgIpc) is 3.29. The van der Waals surface area contributed by atoms with Crippen molar-refractivity contribution >= 4 is 11.6 Å². The van der Waals surface area contributed by atoms with E-state index >= 15 is 0 Å². The summed E-state index contributed by atoms with van der Waals surface area (Å²) in [4.78, 5) is 12.8. The minimum atomic E-state index is -0.313. The maximum Gasteiger partial charge on any atom is 0.243 e. The van der Waals surface area contributed by atoms with Crippen LogP contribution in [0.25, 0.3) is 0 Å². The molecule has 4 N–H and O–H groups in total. The molecular formula is C20H25FN6O. The Balaban J connectivity index is 1.26. The Labute approximate surface area is 163 Å². The van der Waals surface area contributed by atoms with Crippen LogP contribution < -0.4 is 21.5 Å². The molecule has 1 aromatic carbocycles. The average molecular weight is 384 g/mol. The normalized spacial score (nSPS) is 29.9. The van der Waals surface area contributed by atoms with E-state index in [1.807, 2.05) is 6.20 Å². The lowest BCUT2D eigenvalue weighted by Crippen LogP contribution is -2.43. The Hall–Kier alpha value is -2.29. The van der Waals surface area contributed by atoms with Crippen LogP contribution in [-0.4, -0.2) is 40.9 Å². The quantitative estimate of drug-likeness (QED) is 0.643. The van der Waals surface area contributed by atoms with Crippen LogP contribution in [0.4, 0.5) is 10.1 Å². The molecule has 3 fully saturated rings. The molecule has 8 heteroatoms. The van der Waals surface area contributed by atoms with E-state index in [0.717, 1.165) is 32.4 Å². The van der Waals surface area contributed by atoms with Crippen molar-refractivity contribution in [1.29, 1.82) is 0 Å². The molecule has 1 aromatic heterocycles. The van der Waals surface area contributed by atoms with Gasteiger partial charge in [0.15, 0.2) is 0 Å². The summed E-state index contributed by atoms with van der Waals surface area (Å²) in [5, 5.41) is 10.7. The van der Waals surface area contributed by atoms with Gasteiger partial charge < -0.3 is 10.6 Å². The summed E-state index contributed by atoms with van der Waals surface area (Å²) < 4.78 is 15.2. The van der Waals surface area contributed by atoms with Crippen molar-refractivity contribution in [2.45, 2.75) is 43.3 Å². The van der Waals surface area contributed by atoms with E-state index < -0.39 is 0 Å². The number of amides is 1. The summed E-state index contributed by atoms with van der Waals surface area (Å²) in [5.41, 5.74) is 8.36. The van der Waals surface area contributed by atoms with Crippen LogP contribution in [-0.2, 0) is 4.79 Å². The van der Waals surface area contributed by atoms with Gasteiger partial charge in [-0.15, -0.1) is 0 Å². The standard InChI is InChI=1S/C20H25FN6O/c21-14-2-4-15(5-3-14)24-20(28)19-17-7-12(1-6-18(17)25-26-19)13-8-23-27(11-13)16-9-22-10-16/h2-5,8,11-12,16-19,22,25-26H,1,6-7,9-10H2,(H,24,28). The Morgan fingerprint density at radius 2 is 2.00 bits per heavy atom. The van der Waals surface area contributed by atoms with Crippen LogP contribution >= 0.6 is 0 Å². The predicted molar refractivity (Wildman–Crippen MR) is 103 cm³/mol. The van der Waals surface area contributed by atoms with E-state index in [1.54, 1.807) is 12.1 Å². The van der Waals surface area contributed by atoms with Gasteiger partial charge in [0.2, 0.25) is 5.91 Å². The molecular weight excluding hydrogens is 359 g/mol. The van der Waals surface area contributed by atoms with Crippen molar-refractivity contribution in [3.8, 4) is 0 Å². The van der Waals surface area contributed by atoms with Crippen molar-refractivity contribution in [1.82, 2.24) is 25.9 Å². The van der Waals surface area contributed by atoms with Gasteiger partial charge in [-0.2, -0.15) is 5.10 Å². The Morgan fingerprint density at radius 1 is 1.18 bits per heavy atom. The number of hydrogen-bond acceptors (Lipinski definition) is 5. The molecule has 2 aromatic rings. The van der Waals surface area contributed by atoms with E-state index in [2.05, 4.69) is 37.5 Å². The third-order valence-corrected chi connectivity index (χ3v) is 6.37. The lowest BCUT2D eigenvalue weighted by atomic mass is 9.74. The third kappa shape index (κ3) is 3.32. The topological polar surface area (TPSA) is 83.0 Å². The van der Waals surface area contributed by atoms with Crippen molar-refractivity contribution in [2.75, 3.05) is 18.4 Å². The molecule has 0 spiro atoms. The number of fused-ring (bicyclic) bond motifs is 1. The maximum absolute atomic E-state index is 13.1. The SMILES string of the molecule is O=C(Nc1ccc(F)cc1)C1NNC2CCC(c3cnn(C4CNC4)c3)CC21. The van der Waals surface area contributed by atoms with Gasteiger partial charge in [-0.25, -0.2) is 9.82 Å². The number of rotatable bonds is 4. The van der Waals surface area contributed by atoms with Gasteiger partial charge in [-0.05, 0) is 55.0 Å². The van der Waals surface area contributed by atoms with Gasteiger partial charge in [0.1, 0.15) is 11.9 Å². The smallest absolute Gasteiger partial charge is 0.243 e. The number of anilines is 1. The fraction of sp³-hybridized carbons (Fsp3) is 0.500. The first kappa shape index (κ1) is 17.8. The Morgan fingerprint density at radius 3 is 2.75 bits per heavy atom.